The zero-order valence-electron chi connectivity index (χ0n) is 10.6. The average Bonchev–Trinajstić information content (AvgIpc) is 2.77. The second-order valence-corrected chi connectivity index (χ2v) is 4.37. The Labute approximate surface area is 104 Å². The summed E-state index contributed by atoms with van der Waals surface area (Å²) >= 11 is 0. The van der Waals surface area contributed by atoms with E-state index < -0.39 is 0 Å². The standard InChI is InChI=1S/C12H16N4O2/c1-4-9-11(17)14-10(15-12(9)18)8-5-13-16(6-8)7(2)3/h5-7H,4H2,1-3H3,(H2,14,15,17,18). The molecule has 0 aliphatic rings. The van der Waals surface area contributed by atoms with E-state index in [1.807, 2.05) is 13.8 Å². The van der Waals surface area contributed by atoms with Crippen molar-refractivity contribution < 1.29 is 5.11 Å². The Morgan fingerprint density at radius 1 is 1.50 bits per heavy atom. The molecule has 18 heavy (non-hydrogen) atoms. The van der Waals surface area contributed by atoms with Gasteiger partial charge in [0.05, 0.1) is 17.3 Å². The molecule has 0 unspecified atom stereocenters. The maximum atomic E-state index is 11.7. The van der Waals surface area contributed by atoms with Crippen LogP contribution in [0, 0.1) is 0 Å². The van der Waals surface area contributed by atoms with Crippen LogP contribution in [0.5, 0.6) is 5.88 Å². The van der Waals surface area contributed by atoms with Crippen molar-refractivity contribution in [1.82, 2.24) is 19.7 Å². The predicted molar refractivity (Wildman–Crippen MR) is 67.5 cm³/mol. The first-order chi connectivity index (χ1) is 8.52. The van der Waals surface area contributed by atoms with Crippen molar-refractivity contribution >= 4 is 0 Å². The Bertz CT molecular complexity index is 613. The molecule has 0 radical (unpaired) electrons. The summed E-state index contributed by atoms with van der Waals surface area (Å²) in [5.41, 5.74) is 0.672. The molecule has 0 aromatic carbocycles. The smallest absolute Gasteiger partial charge is 0.258 e. The summed E-state index contributed by atoms with van der Waals surface area (Å²) in [5.74, 6) is 0.121. The van der Waals surface area contributed by atoms with E-state index in [9.17, 15) is 9.90 Å². The number of hydrogen-bond acceptors (Lipinski definition) is 4. The molecule has 0 fully saturated rings. The number of rotatable bonds is 3. The van der Waals surface area contributed by atoms with Gasteiger partial charge in [0.1, 0.15) is 5.82 Å². The Morgan fingerprint density at radius 3 is 2.72 bits per heavy atom. The summed E-state index contributed by atoms with van der Waals surface area (Å²) in [6, 6.07) is 0.231. The minimum absolute atomic E-state index is 0.214. The fourth-order valence-electron chi connectivity index (χ4n) is 1.68. The molecule has 6 heteroatoms. The van der Waals surface area contributed by atoms with Gasteiger partial charge in [0.2, 0.25) is 5.88 Å². The quantitative estimate of drug-likeness (QED) is 0.861. The topological polar surface area (TPSA) is 83.8 Å². The average molecular weight is 248 g/mol. The highest BCUT2D eigenvalue weighted by Gasteiger charge is 2.12. The van der Waals surface area contributed by atoms with E-state index >= 15 is 0 Å². The van der Waals surface area contributed by atoms with E-state index in [1.165, 1.54) is 0 Å². The van der Waals surface area contributed by atoms with Crippen molar-refractivity contribution in [2.24, 2.45) is 0 Å². The van der Waals surface area contributed by atoms with Crippen LogP contribution < -0.4 is 5.56 Å². The Kier molecular flexibility index (Phi) is 3.18. The van der Waals surface area contributed by atoms with Gasteiger partial charge < -0.3 is 10.1 Å². The Balaban J connectivity index is 2.48. The third-order valence-electron chi connectivity index (χ3n) is 2.75. The van der Waals surface area contributed by atoms with Crippen molar-refractivity contribution in [1.29, 1.82) is 0 Å². The SMILES string of the molecule is CCc1c(O)nc(-c2cnn(C(C)C)c2)[nH]c1=O. The van der Waals surface area contributed by atoms with E-state index in [-0.39, 0.29) is 17.5 Å². The van der Waals surface area contributed by atoms with Gasteiger partial charge in [0, 0.05) is 12.2 Å². The number of aromatic hydroxyl groups is 1. The molecule has 2 rings (SSSR count). The highest BCUT2D eigenvalue weighted by atomic mass is 16.3. The van der Waals surface area contributed by atoms with Gasteiger partial charge in [-0.3, -0.25) is 9.48 Å². The molecule has 0 aliphatic carbocycles. The molecule has 0 spiro atoms. The molecule has 0 saturated heterocycles. The van der Waals surface area contributed by atoms with Crippen LogP contribution in [0.15, 0.2) is 17.2 Å². The number of nitrogens with zero attached hydrogens (tertiary/aromatic N) is 3. The van der Waals surface area contributed by atoms with Crippen molar-refractivity contribution in [2.45, 2.75) is 33.2 Å². The van der Waals surface area contributed by atoms with Gasteiger partial charge in [0.15, 0.2) is 0 Å². The first-order valence-electron chi connectivity index (χ1n) is 5.89. The maximum absolute atomic E-state index is 11.7. The first-order valence-corrected chi connectivity index (χ1v) is 5.89. The van der Waals surface area contributed by atoms with Crippen LogP contribution in [-0.4, -0.2) is 24.9 Å². The van der Waals surface area contributed by atoms with Crippen LogP contribution in [0.25, 0.3) is 11.4 Å². The van der Waals surface area contributed by atoms with E-state index in [1.54, 1.807) is 24.0 Å². The monoisotopic (exact) mass is 248 g/mol. The Morgan fingerprint density at radius 2 is 2.22 bits per heavy atom. The highest BCUT2D eigenvalue weighted by molar-refractivity contribution is 5.53. The minimum Gasteiger partial charge on any atom is -0.493 e. The van der Waals surface area contributed by atoms with Gasteiger partial charge >= 0.3 is 0 Å². The van der Waals surface area contributed by atoms with E-state index in [2.05, 4.69) is 15.1 Å². The summed E-state index contributed by atoms with van der Waals surface area (Å²) in [6.45, 7) is 5.80. The highest BCUT2D eigenvalue weighted by Crippen LogP contribution is 2.18. The lowest BCUT2D eigenvalue weighted by atomic mass is 10.2. The van der Waals surface area contributed by atoms with Gasteiger partial charge in [-0.1, -0.05) is 6.92 Å². The van der Waals surface area contributed by atoms with Crippen molar-refractivity contribution in [2.75, 3.05) is 0 Å². The summed E-state index contributed by atoms with van der Waals surface area (Å²) in [6.07, 6.45) is 3.84. The number of H-pyrrole nitrogens is 1. The molecular weight excluding hydrogens is 232 g/mol. The molecule has 0 saturated carbocycles. The van der Waals surface area contributed by atoms with Crippen LogP contribution >= 0.6 is 0 Å². The number of aromatic amines is 1. The first kappa shape index (κ1) is 12.3. The zero-order valence-corrected chi connectivity index (χ0v) is 10.6. The molecular formula is C12H16N4O2. The number of nitrogens with one attached hydrogen (secondary N) is 1. The molecule has 0 bridgehead atoms. The second kappa shape index (κ2) is 4.64. The fraction of sp³-hybridized carbons (Fsp3) is 0.417. The van der Waals surface area contributed by atoms with Gasteiger partial charge in [0.25, 0.3) is 5.56 Å². The summed E-state index contributed by atoms with van der Waals surface area (Å²) in [5, 5.41) is 13.9. The lowest BCUT2D eigenvalue weighted by Crippen LogP contribution is -2.14. The van der Waals surface area contributed by atoms with Gasteiger partial charge in [-0.2, -0.15) is 10.1 Å². The third-order valence-corrected chi connectivity index (χ3v) is 2.75. The molecule has 2 heterocycles. The van der Waals surface area contributed by atoms with E-state index in [0.717, 1.165) is 0 Å². The van der Waals surface area contributed by atoms with Crippen molar-refractivity contribution in [3.8, 4) is 17.3 Å². The van der Waals surface area contributed by atoms with Gasteiger partial charge in [-0.05, 0) is 20.3 Å². The lowest BCUT2D eigenvalue weighted by Gasteiger charge is -2.04. The van der Waals surface area contributed by atoms with Crippen LogP contribution in [0.2, 0.25) is 0 Å². The predicted octanol–water partition coefficient (Wildman–Crippen LogP) is 1.48. The van der Waals surface area contributed by atoms with Crippen LogP contribution in [-0.2, 0) is 6.42 Å². The van der Waals surface area contributed by atoms with Gasteiger partial charge in [-0.15, -0.1) is 0 Å². The third kappa shape index (κ3) is 2.13. The molecule has 2 N–H and O–H groups in total. The van der Waals surface area contributed by atoms with Crippen LogP contribution in [0.1, 0.15) is 32.4 Å². The molecule has 0 amide bonds. The zero-order chi connectivity index (χ0) is 13.3. The van der Waals surface area contributed by atoms with Crippen molar-refractivity contribution in [3.63, 3.8) is 0 Å². The van der Waals surface area contributed by atoms with Crippen LogP contribution in [0.3, 0.4) is 0 Å². The van der Waals surface area contributed by atoms with Crippen molar-refractivity contribution in [3.05, 3.63) is 28.3 Å². The summed E-state index contributed by atoms with van der Waals surface area (Å²) < 4.78 is 1.76. The summed E-state index contributed by atoms with van der Waals surface area (Å²) in [7, 11) is 0. The van der Waals surface area contributed by atoms with E-state index in [4.69, 9.17) is 0 Å². The molecule has 0 aliphatic heterocycles. The normalized spacial score (nSPS) is 11.1. The maximum Gasteiger partial charge on any atom is 0.258 e. The second-order valence-electron chi connectivity index (χ2n) is 4.37. The Hall–Kier alpha value is -2.11. The van der Waals surface area contributed by atoms with Gasteiger partial charge in [-0.25, -0.2) is 0 Å². The number of aromatic nitrogens is 4. The van der Waals surface area contributed by atoms with Crippen LogP contribution in [0.4, 0.5) is 0 Å². The molecule has 2 aromatic rings. The summed E-state index contributed by atoms with van der Waals surface area (Å²) in [4.78, 5) is 18.4. The number of hydrogen-bond donors (Lipinski definition) is 2. The minimum atomic E-state index is -0.308. The lowest BCUT2D eigenvalue weighted by molar-refractivity contribution is 0.444. The molecule has 6 nitrogen and oxygen atoms in total. The molecule has 2 aromatic heterocycles. The fourth-order valence-corrected chi connectivity index (χ4v) is 1.68. The van der Waals surface area contributed by atoms with E-state index in [0.29, 0.717) is 23.4 Å². The molecule has 0 atom stereocenters. The largest absolute Gasteiger partial charge is 0.493 e. The molecule has 96 valence electrons.